The lowest BCUT2D eigenvalue weighted by molar-refractivity contribution is -0.263. The zero-order valence-corrected chi connectivity index (χ0v) is 9.81. The maximum Gasteiger partial charge on any atom is 0.269 e. The highest BCUT2D eigenvalue weighted by Gasteiger charge is 2.02. The van der Waals surface area contributed by atoms with Crippen molar-refractivity contribution in [2.24, 2.45) is 0 Å². The molecule has 3 N–H and O–H groups in total. The molecule has 0 fully saturated rings. The molecule has 0 radical (unpaired) electrons. The van der Waals surface area contributed by atoms with Crippen LogP contribution in [0.15, 0.2) is 0 Å². The summed E-state index contributed by atoms with van der Waals surface area (Å²) in [5, 5.41) is 26.3. The van der Waals surface area contributed by atoms with Gasteiger partial charge in [0.1, 0.15) is 0 Å². The van der Waals surface area contributed by atoms with Gasteiger partial charge in [0.2, 0.25) is 0 Å². The van der Waals surface area contributed by atoms with Gasteiger partial charge in [-0.15, -0.1) is 0 Å². The van der Waals surface area contributed by atoms with Crippen molar-refractivity contribution in [2.45, 2.75) is 45.0 Å². The van der Waals surface area contributed by atoms with E-state index in [1.807, 2.05) is 0 Å². The van der Waals surface area contributed by atoms with Crippen LogP contribution in [0.4, 0.5) is 0 Å². The Morgan fingerprint density at radius 2 is 1.12 bits per heavy atom. The molecular formula is C11H24O5. The quantitative estimate of drug-likeness (QED) is 0.342. The highest BCUT2D eigenvalue weighted by atomic mass is 16.8. The fourth-order valence-corrected chi connectivity index (χ4v) is 1.20. The molecule has 98 valence electrons. The fraction of sp³-hybridized carbons (Fsp3) is 1.00. The van der Waals surface area contributed by atoms with Crippen molar-refractivity contribution in [3.05, 3.63) is 0 Å². The number of rotatable bonds is 12. The van der Waals surface area contributed by atoms with Crippen LogP contribution in [-0.4, -0.2) is 48.2 Å². The summed E-state index contributed by atoms with van der Waals surface area (Å²) < 4.78 is 9.99. The Labute approximate surface area is 97.0 Å². The summed E-state index contributed by atoms with van der Waals surface area (Å²) in [4.78, 5) is 0. The highest BCUT2D eigenvalue weighted by Crippen LogP contribution is 2.00. The lowest BCUT2D eigenvalue weighted by atomic mass is 10.2. The average molecular weight is 236 g/mol. The smallest absolute Gasteiger partial charge is 0.269 e. The third-order valence-corrected chi connectivity index (χ3v) is 2.13. The van der Waals surface area contributed by atoms with Gasteiger partial charge in [-0.3, -0.25) is 0 Å². The average Bonchev–Trinajstić information content (AvgIpc) is 2.28. The molecule has 16 heavy (non-hydrogen) atoms. The van der Waals surface area contributed by atoms with Crippen LogP contribution >= 0.6 is 0 Å². The van der Waals surface area contributed by atoms with E-state index in [9.17, 15) is 5.11 Å². The number of aliphatic hydroxyl groups is 3. The third-order valence-electron chi connectivity index (χ3n) is 2.13. The molecule has 0 amide bonds. The molecule has 5 heteroatoms. The highest BCUT2D eigenvalue weighted by molar-refractivity contribution is 4.40. The predicted molar refractivity (Wildman–Crippen MR) is 59.8 cm³/mol. The second-order valence-corrected chi connectivity index (χ2v) is 3.62. The molecule has 0 heterocycles. The van der Waals surface area contributed by atoms with E-state index in [1.165, 1.54) is 0 Å². The van der Waals surface area contributed by atoms with E-state index in [1.54, 1.807) is 0 Å². The SMILES string of the molecule is OCCCCCOC(O)OCCCCCO. The standard InChI is InChI=1S/C11H24O5/c12-7-3-1-5-9-15-11(14)16-10-6-2-4-8-13/h11-14H,1-10H2. The minimum atomic E-state index is -1.15. The van der Waals surface area contributed by atoms with E-state index in [0.717, 1.165) is 38.5 Å². The van der Waals surface area contributed by atoms with Gasteiger partial charge in [-0.25, -0.2) is 0 Å². The number of aliphatic hydroxyl groups excluding tert-OH is 3. The van der Waals surface area contributed by atoms with Gasteiger partial charge in [-0.1, -0.05) is 0 Å². The Balaban J connectivity index is 3.09. The van der Waals surface area contributed by atoms with Gasteiger partial charge in [0.15, 0.2) is 0 Å². The summed E-state index contributed by atoms with van der Waals surface area (Å²) in [6.07, 6.45) is 4.93. The van der Waals surface area contributed by atoms with Gasteiger partial charge in [0, 0.05) is 13.2 Å². The Hall–Kier alpha value is -0.200. The molecule has 0 atom stereocenters. The summed E-state index contributed by atoms with van der Waals surface area (Å²) in [5.41, 5.74) is 0. The predicted octanol–water partition coefficient (Wildman–Crippen LogP) is 0.621. The number of unbranched alkanes of at least 4 members (excludes halogenated alkanes) is 4. The molecule has 5 nitrogen and oxygen atoms in total. The molecule has 0 aliphatic rings. The van der Waals surface area contributed by atoms with Crippen molar-refractivity contribution in [3.8, 4) is 0 Å². The molecule has 0 aliphatic carbocycles. The maximum absolute atomic E-state index is 9.22. The van der Waals surface area contributed by atoms with Crippen molar-refractivity contribution < 1.29 is 24.8 Å². The minimum absolute atomic E-state index is 0.198. The van der Waals surface area contributed by atoms with Gasteiger partial charge in [-0.2, -0.15) is 0 Å². The molecule has 0 aromatic carbocycles. The third kappa shape index (κ3) is 11.9. The van der Waals surface area contributed by atoms with Gasteiger partial charge in [-0.05, 0) is 38.5 Å². The van der Waals surface area contributed by atoms with Crippen molar-refractivity contribution in [3.63, 3.8) is 0 Å². The molecule has 0 aromatic rings. The molecule has 0 rings (SSSR count). The molecule has 0 aliphatic heterocycles. The van der Waals surface area contributed by atoms with E-state index < -0.39 is 6.48 Å². The van der Waals surface area contributed by atoms with Crippen LogP contribution in [0.25, 0.3) is 0 Å². The zero-order chi connectivity index (χ0) is 12.1. The molecule has 0 saturated carbocycles. The molecule has 0 saturated heterocycles. The topological polar surface area (TPSA) is 79.2 Å². The largest absolute Gasteiger partial charge is 0.396 e. The van der Waals surface area contributed by atoms with Crippen molar-refractivity contribution in [2.75, 3.05) is 26.4 Å². The monoisotopic (exact) mass is 236 g/mol. The summed E-state index contributed by atoms with van der Waals surface area (Å²) >= 11 is 0. The summed E-state index contributed by atoms with van der Waals surface area (Å²) in [5.74, 6) is 0. The van der Waals surface area contributed by atoms with Crippen LogP contribution in [0, 0.1) is 0 Å². The summed E-state index contributed by atoms with van der Waals surface area (Å²) in [6, 6.07) is 0. The summed E-state index contributed by atoms with van der Waals surface area (Å²) in [7, 11) is 0. The Morgan fingerprint density at radius 3 is 1.50 bits per heavy atom. The normalized spacial score (nSPS) is 11.2. The van der Waals surface area contributed by atoms with E-state index in [2.05, 4.69) is 0 Å². The van der Waals surface area contributed by atoms with Crippen molar-refractivity contribution in [1.82, 2.24) is 0 Å². The Morgan fingerprint density at radius 1 is 0.688 bits per heavy atom. The van der Waals surface area contributed by atoms with Gasteiger partial charge in [0.25, 0.3) is 6.48 Å². The molecule has 0 spiro atoms. The van der Waals surface area contributed by atoms with Crippen molar-refractivity contribution >= 4 is 0 Å². The van der Waals surface area contributed by atoms with Gasteiger partial charge < -0.3 is 24.8 Å². The number of hydrogen-bond donors (Lipinski definition) is 3. The fourth-order valence-electron chi connectivity index (χ4n) is 1.20. The number of hydrogen-bond acceptors (Lipinski definition) is 5. The Kier molecular flexibility index (Phi) is 12.7. The van der Waals surface area contributed by atoms with Crippen LogP contribution in [-0.2, 0) is 9.47 Å². The van der Waals surface area contributed by atoms with Gasteiger partial charge >= 0.3 is 0 Å². The second kappa shape index (κ2) is 12.9. The lowest BCUT2D eigenvalue weighted by Crippen LogP contribution is -2.17. The van der Waals surface area contributed by atoms with E-state index in [4.69, 9.17) is 19.7 Å². The Bertz CT molecular complexity index is 118. The van der Waals surface area contributed by atoms with E-state index in [-0.39, 0.29) is 13.2 Å². The van der Waals surface area contributed by atoms with Crippen LogP contribution in [0.2, 0.25) is 0 Å². The lowest BCUT2D eigenvalue weighted by Gasteiger charge is -2.12. The van der Waals surface area contributed by atoms with Crippen LogP contribution in [0.5, 0.6) is 0 Å². The van der Waals surface area contributed by atoms with Crippen LogP contribution < -0.4 is 0 Å². The van der Waals surface area contributed by atoms with Crippen LogP contribution in [0.3, 0.4) is 0 Å². The van der Waals surface area contributed by atoms with E-state index in [0.29, 0.717) is 13.2 Å². The number of ether oxygens (including phenoxy) is 2. The molecule has 0 bridgehead atoms. The first kappa shape index (κ1) is 15.8. The van der Waals surface area contributed by atoms with Crippen LogP contribution in [0.1, 0.15) is 38.5 Å². The maximum atomic E-state index is 9.22. The molecule has 0 aromatic heterocycles. The first-order valence-corrected chi connectivity index (χ1v) is 5.94. The molecule has 0 unspecified atom stereocenters. The minimum Gasteiger partial charge on any atom is -0.396 e. The van der Waals surface area contributed by atoms with Gasteiger partial charge in [0.05, 0.1) is 13.2 Å². The summed E-state index contributed by atoms with van der Waals surface area (Å²) in [6.45, 7) is 0.131. The van der Waals surface area contributed by atoms with Crippen molar-refractivity contribution in [1.29, 1.82) is 0 Å². The second-order valence-electron chi connectivity index (χ2n) is 3.62. The first-order chi connectivity index (χ1) is 7.81. The zero-order valence-electron chi connectivity index (χ0n) is 9.81. The molecular weight excluding hydrogens is 212 g/mol. The first-order valence-electron chi connectivity index (χ1n) is 5.94. The van der Waals surface area contributed by atoms with E-state index >= 15 is 0 Å².